The van der Waals surface area contributed by atoms with Gasteiger partial charge in [0, 0.05) is 15.6 Å². The van der Waals surface area contributed by atoms with E-state index in [9.17, 15) is 0 Å². The van der Waals surface area contributed by atoms with E-state index in [4.69, 9.17) is 33.4 Å². The fraction of sp³-hybridized carbons (Fsp3) is 0. The molecule has 3 aromatic rings. The molecule has 96 valence electrons. The van der Waals surface area contributed by atoms with Gasteiger partial charge >= 0.3 is 0 Å². The average molecular weight is 358 g/mol. The smallest absolute Gasteiger partial charge is 0.228 e. The predicted molar refractivity (Wildman–Crippen MR) is 81.6 cm³/mol. The van der Waals surface area contributed by atoms with Gasteiger partial charge in [-0.2, -0.15) is 0 Å². The number of nitrogens with two attached hydrogens (primary N) is 1. The normalized spacial score (nSPS) is 11.1. The molecule has 0 aliphatic rings. The summed E-state index contributed by atoms with van der Waals surface area (Å²) in [5, 5.41) is 1.07. The first-order chi connectivity index (χ1) is 9.04. The van der Waals surface area contributed by atoms with Crippen molar-refractivity contribution in [1.82, 2.24) is 4.98 Å². The van der Waals surface area contributed by atoms with Gasteiger partial charge in [0.15, 0.2) is 5.58 Å². The maximum atomic E-state index is 5.98. The minimum atomic E-state index is 0.456. The Morgan fingerprint density at radius 3 is 2.74 bits per heavy atom. The molecule has 0 atom stereocenters. The van der Waals surface area contributed by atoms with Crippen LogP contribution in [0.2, 0.25) is 10.0 Å². The van der Waals surface area contributed by atoms with Gasteiger partial charge in [-0.3, -0.25) is 0 Å². The zero-order valence-corrected chi connectivity index (χ0v) is 12.6. The molecule has 0 saturated heterocycles. The third kappa shape index (κ3) is 2.31. The van der Waals surface area contributed by atoms with Crippen molar-refractivity contribution in [3.63, 3.8) is 0 Å². The number of nitrogens with zero attached hydrogens (tertiary/aromatic N) is 1. The molecule has 0 aliphatic carbocycles. The molecular weight excluding hydrogens is 351 g/mol. The van der Waals surface area contributed by atoms with Crippen molar-refractivity contribution in [2.24, 2.45) is 0 Å². The third-order valence-corrected chi connectivity index (χ3v) is 3.92. The van der Waals surface area contributed by atoms with Crippen molar-refractivity contribution in [3.8, 4) is 11.5 Å². The number of aromatic nitrogens is 1. The van der Waals surface area contributed by atoms with E-state index < -0.39 is 0 Å². The number of rotatable bonds is 1. The number of anilines is 1. The van der Waals surface area contributed by atoms with Crippen LogP contribution in [0.3, 0.4) is 0 Å². The lowest BCUT2D eigenvalue weighted by Gasteiger charge is -1.99. The van der Waals surface area contributed by atoms with Gasteiger partial charge in [-0.15, -0.1) is 0 Å². The van der Waals surface area contributed by atoms with Gasteiger partial charge in [-0.1, -0.05) is 23.2 Å². The van der Waals surface area contributed by atoms with Gasteiger partial charge in [0.25, 0.3) is 0 Å². The van der Waals surface area contributed by atoms with Crippen LogP contribution in [0.25, 0.3) is 22.6 Å². The number of hydrogen-bond acceptors (Lipinski definition) is 3. The first-order valence-electron chi connectivity index (χ1n) is 5.35. The molecule has 6 heteroatoms. The lowest BCUT2D eigenvalue weighted by atomic mass is 10.2. The molecule has 19 heavy (non-hydrogen) atoms. The standard InChI is InChI=1S/C13H7BrCl2N2O/c14-8-2-1-6(15)3-7(8)13-18-11-4-9(16)10(17)5-12(11)19-13/h1-5H,17H2. The van der Waals surface area contributed by atoms with Crippen molar-refractivity contribution in [2.45, 2.75) is 0 Å². The van der Waals surface area contributed by atoms with Crippen LogP contribution in [0.5, 0.6) is 0 Å². The Morgan fingerprint density at radius 1 is 1.16 bits per heavy atom. The third-order valence-electron chi connectivity index (χ3n) is 2.67. The summed E-state index contributed by atoms with van der Waals surface area (Å²) >= 11 is 15.4. The van der Waals surface area contributed by atoms with E-state index in [-0.39, 0.29) is 0 Å². The van der Waals surface area contributed by atoms with E-state index in [2.05, 4.69) is 20.9 Å². The molecule has 1 heterocycles. The highest BCUT2D eigenvalue weighted by Gasteiger charge is 2.13. The van der Waals surface area contributed by atoms with Crippen LogP contribution in [0, 0.1) is 0 Å². The topological polar surface area (TPSA) is 52.0 Å². The summed E-state index contributed by atoms with van der Waals surface area (Å²) in [6.07, 6.45) is 0. The summed E-state index contributed by atoms with van der Waals surface area (Å²) in [7, 11) is 0. The lowest BCUT2D eigenvalue weighted by molar-refractivity contribution is 0.619. The minimum Gasteiger partial charge on any atom is -0.436 e. The van der Waals surface area contributed by atoms with E-state index in [1.807, 2.05) is 6.07 Å². The highest BCUT2D eigenvalue weighted by atomic mass is 79.9. The molecule has 1 aromatic heterocycles. The van der Waals surface area contributed by atoms with E-state index in [0.717, 1.165) is 10.0 Å². The Kier molecular flexibility index (Phi) is 3.17. The van der Waals surface area contributed by atoms with Gasteiger partial charge < -0.3 is 10.2 Å². The monoisotopic (exact) mass is 356 g/mol. The molecule has 0 aliphatic heterocycles. The summed E-state index contributed by atoms with van der Waals surface area (Å²) in [6.45, 7) is 0. The number of benzene rings is 2. The van der Waals surface area contributed by atoms with Crippen LogP contribution in [0.4, 0.5) is 5.69 Å². The fourth-order valence-electron chi connectivity index (χ4n) is 1.74. The number of oxazole rings is 1. The molecule has 0 unspecified atom stereocenters. The molecule has 0 fully saturated rings. The molecule has 0 spiro atoms. The number of fused-ring (bicyclic) bond motifs is 1. The van der Waals surface area contributed by atoms with Crippen LogP contribution in [-0.2, 0) is 0 Å². The first-order valence-corrected chi connectivity index (χ1v) is 6.90. The minimum absolute atomic E-state index is 0.456. The fourth-order valence-corrected chi connectivity index (χ4v) is 2.49. The molecule has 3 nitrogen and oxygen atoms in total. The van der Waals surface area contributed by atoms with E-state index >= 15 is 0 Å². The maximum absolute atomic E-state index is 5.98. The average Bonchev–Trinajstić information content (AvgIpc) is 2.75. The largest absolute Gasteiger partial charge is 0.436 e. The SMILES string of the molecule is Nc1cc2oc(-c3cc(Cl)ccc3Br)nc2cc1Cl. The highest BCUT2D eigenvalue weighted by molar-refractivity contribution is 9.10. The second-order valence-corrected chi connectivity index (χ2v) is 5.68. The Balaban J connectivity index is 2.23. The molecule has 0 saturated carbocycles. The van der Waals surface area contributed by atoms with Crippen LogP contribution in [0.15, 0.2) is 39.2 Å². The lowest BCUT2D eigenvalue weighted by Crippen LogP contribution is -1.84. The summed E-state index contributed by atoms with van der Waals surface area (Å²) < 4.78 is 6.54. The van der Waals surface area contributed by atoms with Gasteiger partial charge in [0.2, 0.25) is 5.89 Å². The zero-order chi connectivity index (χ0) is 13.6. The van der Waals surface area contributed by atoms with Gasteiger partial charge in [-0.25, -0.2) is 4.98 Å². The van der Waals surface area contributed by atoms with Crippen LogP contribution in [-0.4, -0.2) is 4.98 Å². The van der Waals surface area contributed by atoms with Crippen molar-refractivity contribution < 1.29 is 4.42 Å². The highest BCUT2D eigenvalue weighted by Crippen LogP contribution is 2.34. The van der Waals surface area contributed by atoms with Crippen molar-refractivity contribution >= 4 is 55.9 Å². The van der Waals surface area contributed by atoms with Crippen molar-refractivity contribution in [3.05, 3.63) is 44.8 Å². The molecular formula is C13H7BrCl2N2O. The van der Waals surface area contributed by atoms with Crippen LogP contribution < -0.4 is 5.73 Å². The first kappa shape index (κ1) is 12.8. The Morgan fingerprint density at radius 2 is 1.95 bits per heavy atom. The van der Waals surface area contributed by atoms with Crippen LogP contribution >= 0.6 is 39.1 Å². The van der Waals surface area contributed by atoms with Crippen molar-refractivity contribution in [2.75, 3.05) is 5.73 Å². The van der Waals surface area contributed by atoms with E-state index in [1.54, 1.807) is 24.3 Å². The zero-order valence-electron chi connectivity index (χ0n) is 9.45. The Bertz CT molecular complexity index is 747. The molecule has 3 rings (SSSR count). The predicted octanol–water partition coefficient (Wildman–Crippen LogP) is 5.15. The molecule has 0 bridgehead atoms. The molecule has 2 N–H and O–H groups in total. The number of hydrogen-bond donors (Lipinski definition) is 1. The second kappa shape index (κ2) is 4.71. The van der Waals surface area contributed by atoms with E-state index in [1.165, 1.54) is 0 Å². The Labute approximate surface area is 127 Å². The summed E-state index contributed by atoms with van der Waals surface area (Å²) in [5.41, 5.74) is 8.21. The van der Waals surface area contributed by atoms with Gasteiger partial charge in [-0.05, 0) is 40.2 Å². The number of nitrogen functional groups attached to an aromatic ring is 1. The van der Waals surface area contributed by atoms with Gasteiger partial charge in [0.05, 0.1) is 16.3 Å². The summed E-state index contributed by atoms with van der Waals surface area (Å²) in [5.74, 6) is 0.464. The summed E-state index contributed by atoms with van der Waals surface area (Å²) in [6, 6.07) is 8.74. The quantitative estimate of drug-likeness (QED) is 0.613. The molecule has 0 radical (unpaired) electrons. The molecule has 2 aromatic carbocycles. The second-order valence-electron chi connectivity index (χ2n) is 3.98. The molecule has 0 amide bonds. The number of halogens is 3. The Hall–Kier alpha value is -1.23. The van der Waals surface area contributed by atoms with E-state index in [0.29, 0.717) is 32.7 Å². The van der Waals surface area contributed by atoms with Gasteiger partial charge in [0.1, 0.15) is 5.52 Å². The summed E-state index contributed by atoms with van der Waals surface area (Å²) in [4.78, 5) is 4.39. The van der Waals surface area contributed by atoms with Crippen LogP contribution in [0.1, 0.15) is 0 Å². The maximum Gasteiger partial charge on any atom is 0.228 e. The van der Waals surface area contributed by atoms with Crippen molar-refractivity contribution in [1.29, 1.82) is 0 Å².